The fourth-order valence-corrected chi connectivity index (χ4v) is 2.44. The molecular weight excluding hydrogens is 282 g/mol. The number of nitro groups is 1. The lowest BCUT2D eigenvalue weighted by Gasteiger charge is -2.08. The third kappa shape index (κ3) is 2.94. The number of para-hydroxylation sites is 1. The number of nitro benzene ring substituents is 1. The van der Waals surface area contributed by atoms with Gasteiger partial charge in [0.2, 0.25) is 0 Å². The quantitative estimate of drug-likeness (QED) is 0.675. The van der Waals surface area contributed by atoms with Gasteiger partial charge in [0.25, 0.3) is 0 Å². The summed E-state index contributed by atoms with van der Waals surface area (Å²) < 4.78 is 5.48. The van der Waals surface area contributed by atoms with E-state index >= 15 is 0 Å². The van der Waals surface area contributed by atoms with Crippen molar-refractivity contribution < 1.29 is 19.6 Å². The molecule has 1 heterocycles. The zero-order chi connectivity index (χ0) is 14.7. The smallest absolute Gasteiger partial charge is 0.345 e. The van der Waals surface area contributed by atoms with Crippen molar-refractivity contribution in [2.75, 3.05) is 0 Å². The Labute approximate surface area is 118 Å². The number of carboxylic acid groups (broad SMARTS) is 1. The number of aromatic carboxylic acids is 1. The molecule has 0 aliphatic carbocycles. The molecule has 0 aliphatic rings. The first-order valence-corrected chi connectivity index (χ1v) is 6.49. The first kappa shape index (κ1) is 14.0. The number of carbonyl (C=O) groups is 1. The van der Waals surface area contributed by atoms with Crippen LogP contribution in [0.3, 0.4) is 0 Å². The van der Waals surface area contributed by atoms with E-state index in [9.17, 15) is 14.9 Å². The summed E-state index contributed by atoms with van der Waals surface area (Å²) in [7, 11) is 0. The van der Waals surface area contributed by atoms with Crippen molar-refractivity contribution in [1.29, 1.82) is 0 Å². The molecule has 0 bridgehead atoms. The highest BCUT2D eigenvalue weighted by Crippen LogP contribution is 2.31. The van der Waals surface area contributed by atoms with E-state index in [0.29, 0.717) is 10.4 Å². The van der Waals surface area contributed by atoms with Crippen molar-refractivity contribution in [3.8, 4) is 5.75 Å². The van der Waals surface area contributed by atoms with E-state index in [1.54, 1.807) is 25.1 Å². The topological polar surface area (TPSA) is 89.7 Å². The summed E-state index contributed by atoms with van der Waals surface area (Å²) in [6.07, 6.45) is 0. The number of hydrogen-bond donors (Lipinski definition) is 1. The Balaban J connectivity index is 2.18. The lowest BCUT2D eigenvalue weighted by Crippen LogP contribution is -1.99. The molecule has 6 nitrogen and oxygen atoms in total. The largest absolute Gasteiger partial charge is 0.481 e. The molecule has 7 heteroatoms. The van der Waals surface area contributed by atoms with Crippen molar-refractivity contribution in [2.45, 2.75) is 13.5 Å². The number of rotatable bonds is 5. The zero-order valence-electron chi connectivity index (χ0n) is 10.5. The maximum Gasteiger partial charge on any atom is 0.345 e. The number of nitrogens with zero attached hydrogens (tertiary/aromatic N) is 1. The van der Waals surface area contributed by atoms with Crippen LogP contribution in [-0.2, 0) is 6.61 Å². The third-order valence-corrected chi connectivity index (χ3v) is 3.67. The lowest BCUT2D eigenvalue weighted by atomic mass is 10.2. The van der Waals surface area contributed by atoms with Crippen LogP contribution in [0.25, 0.3) is 0 Å². The van der Waals surface area contributed by atoms with Gasteiger partial charge in [0, 0.05) is 10.9 Å². The molecule has 1 aromatic heterocycles. The number of ether oxygens (including phenoxy) is 1. The standard InChI is InChI=1S/C13H11NO5S/c1-8-3-2-4-10(14(17)18)12(8)19-7-9-5-6-11(20-9)13(15)16/h2-6H,7H2,1H3,(H,15,16). The maximum absolute atomic E-state index is 10.9. The van der Waals surface area contributed by atoms with Crippen molar-refractivity contribution in [2.24, 2.45) is 0 Å². The van der Waals surface area contributed by atoms with Gasteiger partial charge in [0.05, 0.1) is 4.92 Å². The van der Waals surface area contributed by atoms with Gasteiger partial charge in [0.1, 0.15) is 11.5 Å². The van der Waals surface area contributed by atoms with Gasteiger partial charge < -0.3 is 9.84 Å². The Bertz CT molecular complexity index is 665. The predicted molar refractivity (Wildman–Crippen MR) is 73.4 cm³/mol. The van der Waals surface area contributed by atoms with Gasteiger partial charge in [-0.3, -0.25) is 10.1 Å². The van der Waals surface area contributed by atoms with Crippen LogP contribution < -0.4 is 4.74 Å². The number of carboxylic acids is 1. The molecule has 2 rings (SSSR count). The fraction of sp³-hybridized carbons (Fsp3) is 0.154. The molecule has 0 radical (unpaired) electrons. The monoisotopic (exact) mass is 293 g/mol. The molecule has 1 N–H and O–H groups in total. The SMILES string of the molecule is Cc1cccc([N+](=O)[O-])c1OCc1ccc(C(=O)O)s1. The summed E-state index contributed by atoms with van der Waals surface area (Å²) in [5.74, 6) is -0.786. The molecule has 0 atom stereocenters. The van der Waals surface area contributed by atoms with E-state index in [-0.39, 0.29) is 22.9 Å². The molecule has 0 saturated carbocycles. The minimum absolute atomic E-state index is 0.0972. The summed E-state index contributed by atoms with van der Waals surface area (Å²) in [4.78, 5) is 22.1. The van der Waals surface area contributed by atoms with E-state index in [0.717, 1.165) is 11.3 Å². The molecule has 0 spiro atoms. The van der Waals surface area contributed by atoms with E-state index in [1.807, 2.05) is 0 Å². The number of thiophene rings is 1. The molecule has 0 fully saturated rings. The lowest BCUT2D eigenvalue weighted by molar-refractivity contribution is -0.386. The van der Waals surface area contributed by atoms with Crippen LogP contribution in [0.5, 0.6) is 5.75 Å². The number of benzene rings is 1. The molecule has 0 amide bonds. The van der Waals surface area contributed by atoms with Gasteiger partial charge >= 0.3 is 11.7 Å². The van der Waals surface area contributed by atoms with Crippen molar-refractivity contribution in [1.82, 2.24) is 0 Å². The number of aryl methyl sites for hydroxylation is 1. The Hall–Kier alpha value is -2.41. The second-order valence-electron chi connectivity index (χ2n) is 4.04. The minimum Gasteiger partial charge on any atom is -0.481 e. The molecule has 2 aromatic rings. The van der Waals surface area contributed by atoms with Crippen LogP contribution >= 0.6 is 11.3 Å². The van der Waals surface area contributed by atoms with Gasteiger partial charge in [0.15, 0.2) is 5.75 Å². The van der Waals surface area contributed by atoms with Crippen molar-refractivity contribution in [3.63, 3.8) is 0 Å². The van der Waals surface area contributed by atoms with E-state index in [2.05, 4.69) is 0 Å². The Morgan fingerprint density at radius 1 is 1.40 bits per heavy atom. The van der Waals surface area contributed by atoms with Crippen molar-refractivity contribution in [3.05, 3.63) is 55.8 Å². The minimum atomic E-state index is -0.997. The summed E-state index contributed by atoms with van der Waals surface area (Å²) >= 11 is 1.09. The van der Waals surface area contributed by atoms with E-state index in [4.69, 9.17) is 9.84 Å². The first-order chi connectivity index (χ1) is 9.49. The van der Waals surface area contributed by atoms with Gasteiger partial charge in [-0.15, -0.1) is 11.3 Å². The first-order valence-electron chi connectivity index (χ1n) is 5.68. The summed E-state index contributed by atoms with van der Waals surface area (Å²) in [5, 5.41) is 19.8. The Morgan fingerprint density at radius 3 is 2.75 bits per heavy atom. The molecule has 0 unspecified atom stereocenters. The van der Waals surface area contributed by atoms with Crippen LogP contribution in [0.1, 0.15) is 20.1 Å². The van der Waals surface area contributed by atoms with Crippen LogP contribution in [0.4, 0.5) is 5.69 Å². The molecule has 20 heavy (non-hydrogen) atoms. The zero-order valence-corrected chi connectivity index (χ0v) is 11.3. The predicted octanol–water partition coefficient (Wildman–Crippen LogP) is 3.24. The summed E-state index contributed by atoms with van der Waals surface area (Å²) in [6.45, 7) is 1.82. The van der Waals surface area contributed by atoms with Gasteiger partial charge in [-0.2, -0.15) is 0 Å². The molecule has 0 aliphatic heterocycles. The van der Waals surface area contributed by atoms with E-state index in [1.165, 1.54) is 12.1 Å². The van der Waals surface area contributed by atoms with Crippen molar-refractivity contribution >= 4 is 23.0 Å². The molecular formula is C13H11NO5S. The van der Waals surface area contributed by atoms with Crippen LogP contribution in [-0.4, -0.2) is 16.0 Å². The average molecular weight is 293 g/mol. The Kier molecular flexibility index (Phi) is 3.99. The number of hydrogen-bond acceptors (Lipinski definition) is 5. The van der Waals surface area contributed by atoms with Gasteiger partial charge in [-0.05, 0) is 24.6 Å². The average Bonchev–Trinajstić information content (AvgIpc) is 2.86. The van der Waals surface area contributed by atoms with Crippen LogP contribution in [0, 0.1) is 17.0 Å². The molecule has 1 aromatic carbocycles. The highest BCUT2D eigenvalue weighted by Gasteiger charge is 2.17. The fourth-order valence-electron chi connectivity index (χ4n) is 1.68. The third-order valence-electron chi connectivity index (χ3n) is 2.62. The van der Waals surface area contributed by atoms with Gasteiger partial charge in [-0.1, -0.05) is 12.1 Å². The Morgan fingerprint density at radius 2 is 2.15 bits per heavy atom. The van der Waals surface area contributed by atoms with Gasteiger partial charge in [-0.25, -0.2) is 4.79 Å². The summed E-state index contributed by atoms with van der Waals surface area (Å²) in [5.41, 5.74) is 0.564. The molecule has 104 valence electrons. The highest BCUT2D eigenvalue weighted by molar-refractivity contribution is 7.13. The molecule has 0 saturated heterocycles. The normalized spacial score (nSPS) is 10.2. The maximum atomic E-state index is 10.9. The summed E-state index contributed by atoms with van der Waals surface area (Å²) in [6, 6.07) is 7.81. The second-order valence-corrected chi connectivity index (χ2v) is 5.21. The van der Waals surface area contributed by atoms with Crippen LogP contribution in [0.2, 0.25) is 0 Å². The van der Waals surface area contributed by atoms with E-state index < -0.39 is 10.9 Å². The highest BCUT2D eigenvalue weighted by atomic mass is 32.1. The van der Waals surface area contributed by atoms with Crippen LogP contribution in [0.15, 0.2) is 30.3 Å². The second kappa shape index (κ2) is 5.70.